The molecular weight excluding hydrogens is 410 g/mol. The van der Waals surface area contributed by atoms with Crippen LogP contribution in [0.1, 0.15) is 63.5 Å². The molecule has 1 aromatic rings. The number of rotatable bonds is 6. The van der Waals surface area contributed by atoms with Crippen molar-refractivity contribution >= 4 is 11.9 Å². The van der Waals surface area contributed by atoms with Crippen LogP contribution in [0.3, 0.4) is 0 Å². The highest BCUT2D eigenvalue weighted by Crippen LogP contribution is 2.56. The van der Waals surface area contributed by atoms with Gasteiger partial charge in [0.1, 0.15) is 17.1 Å². The van der Waals surface area contributed by atoms with Gasteiger partial charge < -0.3 is 24.2 Å². The molecule has 3 aliphatic heterocycles. The largest absolute Gasteiger partial charge is 0.497 e. The number of methoxy groups -OCH3 is 1. The van der Waals surface area contributed by atoms with E-state index in [-0.39, 0.29) is 29.8 Å². The summed E-state index contributed by atoms with van der Waals surface area (Å²) in [6, 6.07) is 5.77. The van der Waals surface area contributed by atoms with Crippen molar-refractivity contribution < 1.29 is 28.9 Å². The number of nitrogens with zero attached hydrogens (tertiary/aromatic N) is 1. The number of carbonyl (C=O) groups is 2. The molecular formula is C25H33NO6. The molecule has 0 aromatic heterocycles. The number of hydrogen-bond acceptors (Lipinski definition) is 5. The maximum Gasteiger partial charge on any atom is 0.303 e. The third kappa shape index (κ3) is 3.74. The van der Waals surface area contributed by atoms with Gasteiger partial charge in [-0.15, -0.1) is 0 Å². The molecule has 32 heavy (non-hydrogen) atoms. The molecule has 7 heteroatoms. The lowest BCUT2D eigenvalue weighted by Gasteiger charge is -2.59. The number of fused-ring (bicyclic) bond motifs is 3. The van der Waals surface area contributed by atoms with E-state index in [1.807, 2.05) is 30.0 Å². The molecule has 7 nitrogen and oxygen atoms in total. The minimum Gasteiger partial charge on any atom is -0.497 e. The molecule has 5 rings (SSSR count). The molecule has 3 atom stereocenters. The minimum absolute atomic E-state index is 0.0281. The van der Waals surface area contributed by atoms with Crippen LogP contribution in [-0.4, -0.2) is 54.3 Å². The summed E-state index contributed by atoms with van der Waals surface area (Å²) in [4.78, 5) is 26.0. The van der Waals surface area contributed by atoms with Crippen LogP contribution in [0.2, 0.25) is 0 Å². The van der Waals surface area contributed by atoms with E-state index in [0.717, 1.165) is 25.1 Å². The first-order valence-corrected chi connectivity index (χ1v) is 11.8. The maximum atomic E-state index is 12.6. The van der Waals surface area contributed by atoms with Crippen molar-refractivity contribution in [3.63, 3.8) is 0 Å². The molecule has 0 bridgehead atoms. The van der Waals surface area contributed by atoms with E-state index >= 15 is 0 Å². The number of aliphatic carboxylic acids is 1. The molecule has 1 saturated carbocycles. The SMILES string of the molecule is COc1ccc2c(c1)O[C@](C)(CCC(=O)O)[C@H]1CC3(CO[C@H]21)CN(C(=O)CC1CCC1)C3. The van der Waals surface area contributed by atoms with Gasteiger partial charge in [0.25, 0.3) is 0 Å². The van der Waals surface area contributed by atoms with E-state index in [1.54, 1.807) is 7.11 Å². The number of amides is 1. The highest BCUT2D eigenvalue weighted by molar-refractivity contribution is 5.77. The normalized spacial score (nSPS) is 30.4. The zero-order valence-electron chi connectivity index (χ0n) is 19.0. The van der Waals surface area contributed by atoms with Crippen LogP contribution >= 0.6 is 0 Å². The molecule has 1 spiro atoms. The second kappa shape index (κ2) is 7.94. The Labute approximate surface area is 189 Å². The second-order valence-corrected chi connectivity index (χ2v) is 10.5. The first-order chi connectivity index (χ1) is 15.3. The Morgan fingerprint density at radius 2 is 2.06 bits per heavy atom. The fraction of sp³-hybridized carbons (Fsp3) is 0.680. The molecule has 0 radical (unpaired) electrons. The minimum atomic E-state index is -0.828. The summed E-state index contributed by atoms with van der Waals surface area (Å²) in [7, 11) is 1.62. The van der Waals surface area contributed by atoms with E-state index in [4.69, 9.17) is 14.2 Å². The van der Waals surface area contributed by atoms with E-state index in [0.29, 0.717) is 36.9 Å². The van der Waals surface area contributed by atoms with Gasteiger partial charge in [-0.3, -0.25) is 9.59 Å². The number of carboxylic acids is 1. The molecule has 174 valence electrons. The predicted molar refractivity (Wildman–Crippen MR) is 117 cm³/mol. The van der Waals surface area contributed by atoms with Crippen LogP contribution < -0.4 is 9.47 Å². The number of ether oxygens (including phenoxy) is 3. The molecule has 1 aromatic carbocycles. The van der Waals surface area contributed by atoms with Gasteiger partial charge in [0.05, 0.1) is 19.8 Å². The fourth-order valence-corrected chi connectivity index (χ4v) is 5.97. The monoisotopic (exact) mass is 443 g/mol. The quantitative estimate of drug-likeness (QED) is 0.720. The maximum absolute atomic E-state index is 12.6. The van der Waals surface area contributed by atoms with Crippen LogP contribution in [0.5, 0.6) is 11.5 Å². The smallest absolute Gasteiger partial charge is 0.303 e. The van der Waals surface area contributed by atoms with Gasteiger partial charge in [-0.1, -0.05) is 6.42 Å². The fourth-order valence-electron chi connectivity index (χ4n) is 5.97. The molecule has 4 aliphatic rings. The van der Waals surface area contributed by atoms with Crippen LogP contribution in [0.15, 0.2) is 18.2 Å². The van der Waals surface area contributed by atoms with Crippen LogP contribution in [-0.2, 0) is 14.3 Å². The Hall–Kier alpha value is -2.28. The third-order valence-corrected chi connectivity index (χ3v) is 8.17. The van der Waals surface area contributed by atoms with Crippen LogP contribution in [0.25, 0.3) is 0 Å². The average molecular weight is 444 g/mol. The van der Waals surface area contributed by atoms with Gasteiger partial charge in [0.15, 0.2) is 0 Å². The molecule has 1 amide bonds. The van der Waals surface area contributed by atoms with Gasteiger partial charge in [-0.2, -0.15) is 0 Å². The Morgan fingerprint density at radius 1 is 1.28 bits per heavy atom. The lowest BCUT2D eigenvalue weighted by Crippen LogP contribution is -2.65. The van der Waals surface area contributed by atoms with Gasteiger partial charge >= 0.3 is 5.97 Å². The highest BCUT2D eigenvalue weighted by atomic mass is 16.5. The van der Waals surface area contributed by atoms with Crippen molar-refractivity contribution in [3.05, 3.63) is 23.8 Å². The van der Waals surface area contributed by atoms with E-state index < -0.39 is 11.6 Å². The van der Waals surface area contributed by atoms with Crippen molar-refractivity contribution in [3.8, 4) is 11.5 Å². The number of hydrogen-bond donors (Lipinski definition) is 1. The first kappa shape index (κ1) is 21.6. The van der Waals surface area contributed by atoms with Crippen molar-refractivity contribution in [2.24, 2.45) is 17.3 Å². The lowest BCUT2D eigenvalue weighted by molar-refractivity contribution is -0.206. The Morgan fingerprint density at radius 3 is 2.72 bits per heavy atom. The number of carbonyl (C=O) groups excluding carboxylic acids is 1. The van der Waals surface area contributed by atoms with Gasteiger partial charge in [-0.05, 0) is 50.7 Å². The lowest BCUT2D eigenvalue weighted by atomic mass is 9.63. The summed E-state index contributed by atoms with van der Waals surface area (Å²) in [6.45, 7) is 4.08. The summed E-state index contributed by atoms with van der Waals surface area (Å²) in [6.07, 6.45) is 5.46. The molecule has 0 unspecified atom stereocenters. The van der Waals surface area contributed by atoms with Crippen molar-refractivity contribution in [1.29, 1.82) is 0 Å². The summed E-state index contributed by atoms with van der Waals surface area (Å²) in [5, 5.41) is 9.33. The summed E-state index contributed by atoms with van der Waals surface area (Å²) in [5.74, 6) is 1.46. The molecule has 1 N–H and O–H groups in total. The number of carboxylic acid groups (broad SMARTS) is 1. The number of likely N-dealkylation sites (tertiary alicyclic amines) is 1. The highest BCUT2D eigenvalue weighted by Gasteiger charge is 2.57. The Kier molecular flexibility index (Phi) is 5.35. The Bertz CT molecular complexity index is 906. The summed E-state index contributed by atoms with van der Waals surface area (Å²) >= 11 is 0. The van der Waals surface area contributed by atoms with Crippen LogP contribution in [0.4, 0.5) is 0 Å². The zero-order chi connectivity index (χ0) is 22.5. The molecule has 3 fully saturated rings. The van der Waals surface area contributed by atoms with Crippen LogP contribution in [0, 0.1) is 17.3 Å². The predicted octanol–water partition coefficient (Wildman–Crippen LogP) is 3.81. The average Bonchev–Trinajstić information content (AvgIpc) is 2.72. The van der Waals surface area contributed by atoms with Gasteiger partial charge in [0, 0.05) is 48.9 Å². The topological polar surface area (TPSA) is 85.3 Å². The molecule has 2 saturated heterocycles. The molecule has 3 heterocycles. The summed E-state index contributed by atoms with van der Waals surface area (Å²) in [5.41, 5.74) is 0.274. The second-order valence-electron chi connectivity index (χ2n) is 10.5. The first-order valence-electron chi connectivity index (χ1n) is 11.8. The van der Waals surface area contributed by atoms with Gasteiger partial charge in [0.2, 0.25) is 5.91 Å². The Balaban J connectivity index is 1.35. The number of benzene rings is 1. The van der Waals surface area contributed by atoms with Gasteiger partial charge in [-0.25, -0.2) is 0 Å². The van der Waals surface area contributed by atoms with E-state index in [9.17, 15) is 14.7 Å². The molecule has 1 aliphatic carbocycles. The van der Waals surface area contributed by atoms with Crippen molar-refractivity contribution in [1.82, 2.24) is 4.90 Å². The van der Waals surface area contributed by atoms with Crippen molar-refractivity contribution in [2.75, 3.05) is 26.8 Å². The summed E-state index contributed by atoms with van der Waals surface area (Å²) < 4.78 is 18.3. The third-order valence-electron chi connectivity index (χ3n) is 8.17. The van der Waals surface area contributed by atoms with E-state index in [1.165, 1.54) is 19.3 Å². The van der Waals surface area contributed by atoms with Crippen molar-refractivity contribution in [2.45, 2.75) is 63.6 Å². The standard InChI is InChI=1S/C25H33NO6/c1-24(9-8-22(28)29)19-12-25(13-26(14-25)21(27)10-16-4-3-5-16)15-31-23(19)18-7-6-17(30-2)11-20(18)32-24/h6-7,11,16,19,23H,3-5,8-10,12-15H2,1-2H3,(H,28,29)/t19-,23+,24+/m0/s1. The van der Waals surface area contributed by atoms with E-state index in [2.05, 4.69) is 0 Å². The zero-order valence-corrected chi connectivity index (χ0v) is 19.0.